The first-order valence-electron chi connectivity index (χ1n) is 9.24. The van der Waals surface area contributed by atoms with Crippen molar-refractivity contribution in [2.45, 2.75) is 0 Å². The van der Waals surface area contributed by atoms with E-state index >= 15 is 0 Å². The smallest absolute Gasteiger partial charge is 0.256 e. The lowest BCUT2D eigenvalue weighted by Crippen LogP contribution is -2.37. The normalized spacial score (nSPS) is 17.8. The Morgan fingerprint density at radius 2 is 1.93 bits per heavy atom. The second-order valence-electron chi connectivity index (χ2n) is 6.90. The van der Waals surface area contributed by atoms with Gasteiger partial charge in [0.25, 0.3) is 5.91 Å². The van der Waals surface area contributed by atoms with Crippen molar-refractivity contribution in [1.82, 2.24) is 4.98 Å². The molecule has 1 fully saturated rings. The topological polar surface area (TPSA) is 54.5 Å². The van der Waals surface area contributed by atoms with Gasteiger partial charge in [-0.2, -0.15) is 0 Å². The van der Waals surface area contributed by atoms with E-state index in [0.717, 1.165) is 46.6 Å². The second-order valence-corrected chi connectivity index (χ2v) is 7.33. The van der Waals surface area contributed by atoms with Gasteiger partial charge in [0.05, 0.1) is 18.7 Å². The number of anilines is 2. The maximum absolute atomic E-state index is 12.6. The lowest BCUT2D eigenvalue weighted by atomic mass is 10.0. The highest BCUT2D eigenvalue weighted by atomic mass is 35.5. The summed E-state index contributed by atoms with van der Waals surface area (Å²) >= 11 is 6.17. The van der Waals surface area contributed by atoms with Gasteiger partial charge in [-0.3, -0.25) is 4.79 Å². The first-order chi connectivity index (χ1) is 13.7. The molecule has 0 spiro atoms. The summed E-state index contributed by atoms with van der Waals surface area (Å²) in [5.74, 6) is 0.746. The van der Waals surface area contributed by atoms with E-state index < -0.39 is 0 Å². The van der Waals surface area contributed by atoms with E-state index in [-0.39, 0.29) is 5.91 Å². The van der Waals surface area contributed by atoms with Crippen LogP contribution in [0.25, 0.3) is 22.6 Å². The zero-order valence-corrected chi connectivity index (χ0v) is 15.9. The number of ether oxygens (including phenoxy) is 1. The fourth-order valence-corrected chi connectivity index (χ4v) is 3.89. The second kappa shape index (κ2) is 6.93. The number of aromatic nitrogens is 1. The highest BCUT2D eigenvalue weighted by Crippen LogP contribution is 2.36. The Bertz CT molecular complexity index is 1120. The predicted octanol–water partition coefficient (Wildman–Crippen LogP) is 4.22. The van der Waals surface area contributed by atoms with Crippen molar-refractivity contribution in [3.63, 3.8) is 0 Å². The molecule has 0 unspecified atom stereocenters. The van der Waals surface area contributed by atoms with Gasteiger partial charge < -0.3 is 15.0 Å². The Kier molecular flexibility index (Phi) is 4.26. The number of nitrogens with zero attached hydrogens (tertiary/aromatic N) is 2. The minimum atomic E-state index is -0.127. The highest BCUT2D eigenvalue weighted by Gasteiger charge is 2.25. The van der Waals surface area contributed by atoms with E-state index in [0.29, 0.717) is 23.8 Å². The number of fused-ring (bicyclic) bond motifs is 2. The van der Waals surface area contributed by atoms with E-state index in [2.05, 4.69) is 16.3 Å². The molecular formula is C22H18ClN3O2. The number of hydrogen-bond donors (Lipinski definition) is 1. The van der Waals surface area contributed by atoms with Crippen molar-refractivity contribution in [2.24, 2.45) is 0 Å². The number of halogens is 1. The van der Waals surface area contributed by atoms with E-state index in [1.165, 1.54) is 0 Å². The lowest BCUT2D eigenvalue weighted by molar-refractivity contribution is -0.110. The van der Waals surface area contributed by atoms with Crippen LogP contribution in [-0.2, 0) is 9.53 Å². The van der Waals surface area contributed by atoms with E-state index in [9.17, 15) is 4.79 Å². The largest absolute Gasteiger partial charge is 0.378 e. The van der Waals surface area contributed by atoms with Gasteiger partial charge in [-0.15, -0.1) is 0 Å². The van der Waals surface area contributed by atoms with Gasteiger partial charge in [0, 0.05) is 45.9 Å². The Morgan fingerprint density at radius 1 is 1.11 bits per heavy atom. The molecule has 5 rings (SSSR count). The number of rotatable bonds is 2. The maximum Gasteiger partial charge on any atom is 0.256 e. The fourth-order valence-electron chi connectivity index (χ4n) is 3.72. The average molecular weight is 392 g/mol. The van der Waals surface area contributed by atoms with Gasteiger partial charge in [-0.05, 0) is 36.4 Å². The Balaban J connectivity index is 1.69. The molecule has 0 atom stereocenters. The summed E-state index contributed by atoms with van der Waals surface area (Å²) in [7, 11) is 0. The van der Waals surface area contributed by atoms with Crippen LogP contribution in [0, 0.1) is 0 Å². The molecule has 2 aliphatic rings. The molecule has 0 aliphatic carbocycles. The molecule has 1 aromatic heterocycles. The molecule has 3 aromatic rings. The summed E-state index contributed by atoms with van der Waals surface area (Å²) in [6, 6.07) is 15.5. The molecule has 1 N–H and O–H groups in total. The van der Waals surface area contributed by atoms with Gasteiger partial charge in [0.15, 0.2) is 0 Å². The number of hydrogen-bond acceptors (Lipinski definition) is 4. The van der Waals surface area contributed by atoms with Crippen molar-refractivity contribution in [3.8, 4) is 0 Å². The number of benzene rings is 2. The summed E-state index contributed by atoms with van der Waals surface area (Å²) in [6.07, 6.45) is 1.92. The third-order valence-corrected chi connectivity index (χ3v) is 5.34. The Morgan fingerprint density at radius 3 is 2.79 bits per heavy atom. The molecule has 6 heteroatoms. The van der Waals surface area contributed by atoms with Crippen LogP contribution in [0.15, 0.2) is 48.5 Å². The first-order valence-corrected chi connectivity index (χ1v) is 9.62. The number of carbonyl (C=O) groups is 1. The summed E-state index contributed by atoms with van der Waals surface area (Å²) in [5, 5.41) is 4.55. The number of pyridine rings is 1. The Hall–Kier alpha value is -2.89. The van der Waals surface area contributed by atoms with Crippen LogP contribution >= 0.6 is 11.6 Å². The quantitative estimate of drug-likeness (QED) is 0.664. The molecule has 3 heterocycles. The molecule has 1 amide bonds. The van der Waals surface area contributed by atoms with Gasteiger partial charge in [0.2, 0.25) is 0 Å². The predicted molar refractivity (Wildman–Crippen MR) is 113 cm³/mol. The molecule has 140 valence electrons. The minimum absolute atomic E-state index is 0.127. The molecule has 0 radical (unpaired) electrons. The molecule has 2 aliphatic heterocycles. The first kappa shape index (κ1) is 17.2. The molecule has 5 nitrogen and oxygen atoms in total. The van der Waals surface area contributed by atoms with Crippen molar-refractivity contribution in [2.75, 3.05) is 36.5 Å². The van der Waals surface area contributed by atoms with Crippen LogP contribution in [0.3, 0.4) is 0 Å². The number of carbonyl (C=O) groups excluding carboxylic acids is 1. The zero-order valence-electron chi connectivity index (χ0n) is 15.1. The average Bonchev–Trinajstić information content (AvgIpc) is 3.03. The molecule has 2 aromatic carbocycles. The molecule has 1 saturated heterocycles. The van der Waals surface area contributed by atoms with Crippen LogP contribution in [0.1, 0.15) is 11.1 Å². The van der Waals surface area contributed by atoms with Crippen molar-refractivity contribution in [3.05, 3.63) is 64.7 Å². The van der Waals surface area contributed by atoms with Crippen LogP contribution in [0.5, 0.6) is 0 Å². The van der Waals surface area contributed by atoms with E-state index in [1.807, 2.05) is 42.5 Å². The maximum atomic E-state index is 12.6. The zero-order chi connectivity index (χ0) is 19.1. The number of amides is 1. The summed E-state index contributed by atoms with van der Waals surface area (Å²) in [6.45, 7) is 2.89. The summed E-state index contributed by atoms with van der Waals surface area (Å²) < 4.78 is 5.50. The van der Waals surface area contributed by atoms with Crippen LogP contribution < -0.4 is 10.2 Å². The van der Waals surface area contributed by atoms with Gasteiger partial charge >= 0.3 is 0 Å². The number of nitrogens with one attached hydrogen (secondary N) is 1. The van der Waals surface area contributed by atoms with Crippen molar-refractivity contribution >= 4 is 51.6 Å². The van der Waals surface area contributed by atoms with Crippen LogP contribution in [0.2, 0.25) is 5.02 Å². The van der Waals surface area contributed by atoms with Gasteiger partial charge in [-0.1, -0.05) is 29.8 Å². The third kappa shape index (κ3) is 3.03. The minimum Gasteiger partial charge on any atom is -0.378 e. The van der Waals surface area contributed by atoms with E-state index in [1.54, 1.807) is 6.07 Å². The third-order valence-electron chi connectivity index (χ3n) is 5.11. The number of morpholine rings is 1. The van der Waals surface area contributed by atoms with Gasteiger partial charge in [-0.25, -0.2) is 4.98 Å². The van der Waals surface area contributed by atoms with Crippen LogP contribution in [-0.4, -0.2) is 37.2 Å². The van der Waals surface area contributed by atoms with Crippen molar-refractivity contribution < 1.29 is 9.53 Å². The number of para-hydroxylation sites is 1. The lowest BCUT2D eigenvalue weighted by Gasteiger charge is -2.29. The highest BCUT2D eigenvalue weighted by molar-refractivity contribution is 6.37. The van der Waals surface area contributed by atoms with E-state index in [4.69, 9.17) is 21.3 Å². The fraction of sp³-hybridized carbons (Fsp3) is 0.182. The standard InChI is InChI=1S/C22H18ClN3O2/c23-16-5-6-20-17(13-16)18(22(27)25-20)12-15-11-14-3-1-2-4-19(14)24-21(15)26-7-9-28-10-8-26/h1-6,11-13H,7-10H2,(H,25,27)/b18-12-. The molecule has 28 heavy (non-hydrogen) atoms. The molecule has 0 saturated carbocycles. The van der Waals surface area contributed by atoms with Crippen LogP contribution in [0.4, 0.5) is 11.5 Å². The Labute approximate surface area is 167 Å². The monoisotopic (exact) mass is 391 g/mol. The summed E-state index contributed by atoms with van der Waals surface area (Å²) in [5.41, 5.74) is 4.05. The van der Waals surface area contributed by atoms with Crippen molar-refractivity contribution in [1.29, 1.82) is 0 Å². The van der Waals surface area contributed by atoms with Gasteiger partial charge in [0.1, 0.15) is 5.82 Å². The SMILES string of the molecule is O=C1Nc2ccc(Cl)cc2/C1=C/c1cc2ccccc2nc1N1CCOCC1. The molecule has 0 bridgehead atoms. The summed E-state index contributed by atoms with van der Waals surface area (Å²) in [4.78, 5) is 19.7. The molecular weight excluding hydrogens is 374 g/mol.